The molecule has 0 unspecified atom stereocenters. The van der Waals surface area contributed by atoms with Crippen molar-refractivity contribution >= 4 is 12.8 Å². The van der Waals surface area contributed by atoms with Crippen LogP contribution in [0, 0.1) is 5.82 Å². The van der Waals surface area contributed by atoms with Crippen LogP contribution < -0.4 is 10.5 Å². The van der Waals surface area contributed by atoms with E-state index in [-0.39, 0.29) is 11.6 Å². The van der Waals surface area contributed by atoms with Crippen LogP contribution in [0.15, 0.2) is 6.20 Å². The van der Waals surface area contributed by atoms with Gasteiger partial charge in [0.05, 0.1) is 13.3 Å². The molecule has 64 valence electrons. The Labute approximate surface area is 68.0 Å². The van der Waals surface area contributed by atoms with E-state index in [1.165, 1.54) is 7.11 Å². The fraction of sp³-hybridized carbons (Fsp3) is 0.200. The molecule has 0 amide bonds. The molecule has 0 aliphatic rings. The third-order valence-electron chi connectivity index (χ3n) is 1.15. The summed E-state index contributed by atoms with van der Waals surface area (Å²) in [6.07, 6.45) is 0.806. The number of nitrogens with zero attached hydrogens (tertiary/aromatic N) is 2. The maximum atomic E-state index is 12.6. The van der Waals surface area contributed by atoms with Crippen molar-refractivity contribution in [1.29, 1.82) is 0 Å². The van der Waals surface area contributed by atoms with E-state index in [4.69, 9.17) is 10.0 Å². The normalized spacial score (nSPS) is 9.67. The van der Waals surface area contributed by atoms with E-state index in [1.54, 1.807) is 0 Å². The van der Waals surface area contributed by atoms with Crippen molar-refractivity contribution in [2.75, 3.05) is 7.11 Å². The van der Waals surface area contributed by atoms with Crippen LogP contribution in [-0.4, -0.2) is 34.2 Å². The van der Waals surface area contributed by atoms with E-state index in [2.05, 4.69) is 14.7 Å². The molecule has 0 saturated heterocycles. The molecule has 0 aromatic carbocycles. The molecule has 1 aromatic heterocycles. The molecule has 0 radical (unpaired) electrons. The van der Waals surface area contributed by atoms with Crippen molar-refractivity contribution < 1.29 is 19.2 Å². The summed E-state index contributed by atoms with van der Waals surface area (Å²) in [4.78, 5) is 6.70. The van der Waals surface area contributed by atoms with Crippen LogP contribution in [-0.2, 0) is 0 Å². The number of halogens is 1. The van der Waals surface area contributed by atoms with Gasteiger partial charge in [0.1, 0.15) is 0 Å². The van der Waals surface area contributed by atoms with Crippen LogP contribution in [0.3, 0.4) is 0 Å². The van der Waals surface area contributed by atoms with Gasteiger partial charge in [-0.15, -0.1) is 0 Å². The molecule has 1 rings (SSSR count). The van der Waals surface area contributed by atoms with Crippen LogP contribution in [0.4, 0.5) is 4.39 Å². The van der Waals surface area contributed by atoms with Gasteiger partial charge in [-0.05, 0) is 0 Å². The third kappa shape index (κ3) is 1.69. The third-order valence-corrected chi connectivity index (χ3v) is 1.15. The molecular weight excluding hydrogens is 166 g/mol. The van der Waals surface area contributed by atoms with E-state index in [1.807, 2.05) is 0 Å². The summed E-state index contributed by atoms with van der Waals surface area (Å²) in [6, 6.07) is 0. The lowest BCUT2D eigenvalue weighted by Gasteiger charge is -2.01. The van der Waals surface area contributed by atoms with Crippen molar-refractivity contribution in [2.45, 2.75) is 0 Å². The van der Waals surface area contributed by atoms with Gasteiger partial charge in [-0.3, -0.25) is 0 Å². The highest BCUT2D eigenvalue weighted by atomic mass is 19.1. The van der Waals surface area contributed by atoms with Crippen LogP contribution in [0.1, 0.15) is 0 Å². The van der Waals surface area contributed by atoms with Crippen molar-refractivity contribution in [3.8, 4) is 5.88 Å². The van der Waals surface area contributed by atoms with Crippen LogP contribution in [0.2, 0.25) is 0 Å². The first-order valence-electron chi connectivity index (χ1n) is 3.07. The average molecular weight is 172 g/mol. The van der Waals surface area contributed by atoms with Gasteiger partial charge in [-0.1, -0.05) is 0 Å². The van der Waals surface area contributed by atoms with E-state index in [9.17, 15) is 4.39 Å². The molecule has 7 heteroatoms. The first-order chi connectivity index (χ1) is 5.65. The number of hydrogen-bond acceptors (Lipinski definition) is 5. The van der Waals surface area contributed by atoms with Crippen molar-refractivity contribution in [2.24, 2.45) is 0 Å². The molecule has 1 heterocycles. The fourth-order valence-electron chi connectivity index (χ4n) is 0.632. The van der Waals surface area contributed by atoms with Crippen molar-refractivity contribution in [1.82, 2.24) is 9.97 Å². The number of methoxy groups -OCH3 is 1. The summed E-state index contributed by atoms with van der Waals surface area (Å²) >= 11 is 0. The Hall–Kier alpha value is -1.21. The molecule has 0 aliphatic carbocycles. The maximum absolute atomic E-state index is 12.6. The first kappa shape index (κ1) is 8.89. The zero-order chi connectivity index (χ0) is 9.14. The summed E-state index contributed by atoms with van der Waals surface area (Å²) in [7, 11) is -0.599. The first-order valence-corrected chi connectivity index (χ1v) is 3.07. The standard InChI is InChI=1S/C5H6BFN2O3/c1-12-4-3(7)2-8-5(9-4)6(10)11/h2,10-11H,1H3. The van der Waals surface area contributed by atoms with Gasteiger partial charge in [0.15, 0.2) is 5.72 Å². The molecule has 2 N–H and O–H groups in total. The molecular formula is C5H6BFN2O3. The van der Waals surface area contributed by atoms with E-state index in [0.29, 0.717) is 0 Å². The summed E-state index contributed by atoms with van der Waals surface area (Å²) < 4.78 is 17.1. The predicted molar refractivity (Wildman–Crippen MR) is 38.4 cm³/mol. The lowest BCUT2D eigenvalue weighted by atomic mass is 9.91. The Morgan fingerprint density at radius 3 is 2.75 bits per heavy atom. The summed E-state index contributed by atoms with van der Waals surface area (Å²) in [5.74, 6) is -1.06. The lowest BCUT2D eigenvalue weighted by Crippen LogP contribution is -2.35. The Morgan fingerprint density at radius 2 is 2.25 bits per heavy atom. The minimum atomic E-state index is -1.82. The second-order valence-corrected chi connectivity index (χ2v) is 1.96. The van der Waals surface area contributed by atoms with E-state index >= 15 is 0 Å². The van der Waals surface area contributed by atoms with Gasteiger partial charge in [0.25, 0.3) is 5.88 Å². The van der Waals surface area contributed by atoms with Crippen LogP contribution >= 0.6 is 0 Å². The molecule has 0 atom stereocenters. The maximum Gasteiger partial charge on any atom is 0.528 e. The number of rotatable bonds is 2. The van der Waals surface area contributed by atoms with Crippen LogP contribution in [0.5, 0.6) is 5.88 Å². The van der Waals surface area contributed by atoms with E-state index in [0.717, 1.165) is 6.20 Å². The van der Waals surface area contributed by atoms with Crippen molar-refractivity contribution in [3.63, 3.8) is 0 Å². The summed E-state index contributed by atoms with van der Waals surface area (Å²) in [5.41, 5.74) is -0.298. The number of ether oxygens (including phenoxy) is 1. The topological polar surface area (TPSA) is 75.5 Å². The Kier molecular flexibility index (Phi) is 2.56. The highest BCUT2D eigenvalue weighted by molar-refractivity contribution is 6.56. The minimum Gasteiger partial charge on any atom is -0.479 e. The van der Waals surface area contributed by atoms with Crippen LogP contribution in [0.25, 0.3) is 0 Å². The highest BCUT2D eigenvalue weighted by Gasteiger charge is 2.17. The van der Waals surface area contributed by atoms with Gasteiger partial charge in [-0.25, -0.2) is 4.98 Å². The molecule has 1 aromatic rings. The van der Waals surface area contributed by atoms with Crippen molar-refractivity contribution in [3.05, 3.63) is 12.0 Å². The molecule has 0 fully saturated rings. The number of aromatic nitrogens is 2. The molecule has 12 heavy (non-hydrogen) atoms. The lowest BCUT2D eigenvalue weighted by molar-refractivity contribution is 0.365. The van der Waals surface area contributed by atoms with Gasteiger partial charge >= 0.3 is 7.12 Å². The smallest absolute Gasteiger partial charge is 0.479 e. The summed E-state index contributed by atoms with van der Waals surface area (Å²) in [5, 5.41) is 17.2. The molecule has 0 aliphatic heterocycles. The summed E-state index contributed by atoms with van der Waals surface area (Å²) in [6.45, 7) is 0. The Bertz CT molecular complexity index is 283. The Balaban J connectivity index is 3.05. The zero-order valence-electron chi connectivity index (χ0n) is 6.23. The van der Waals surface area contributed by atoms with Gasteiger partial charge in [0.2, 0.25) is 5.82 Å². The molecule has 0 saturated carbocycles. The van der Waals surface area contributed by atoms with Gasteiger partial charge in [-0.2, -0.15) is 9.37 Å². The largest absolute Gasteiger partial charge is 0.528 e. The number of hydrogen-bond donors (Lipinski definition) is 2. The molecule has 0 spiro atoms. The second-order valence-electron chi connectivity index (χ2n) is 1.96. The zero-order valence-corrected chi connectivity index (χ0v) is 6.23. The molecule has 0 bridgehead atoms. The SMILES string of the molecule is COc1nc(B(O)O)ncc1F. The monoisotopic (exact) mass is 172 g/mol. The molecule has 5 nitrogen and oxygen atoms in total. The van der Waals surface area contributed by atoms with E-state index < -0.39 is 12.9 Å². The van der Waals surface area contributed by atoms with Gasteiger partial charge in [0, 0.05) is 0 Å². The van der Waals surface area contributed by atoms with Gasteiger partial charge < -0.3 is 14.8 Å². The highest BCUT2D eigenvalue weighted by Crippen LogP contribution is 2.07. The predicted octanol–water partition coefficient (Wildman–Crippen LogP) is -1.70. The fourth-order valence-corrected chi connectivity index (χ4v) is 0.632. The second kappa shape index (κ2) is 3.46. The Morgan fingerprint density at radius 1 is 1.58 bits per heavy atom. The average Bonchev–Trinajstić information content (AvgIpc) is 2.05. The quantitative estimate of drug-likeness (QED) is 0.520. The minimum absolute atomic E-state index is 0.298.